The van der Waals surface area contributed by atoms with Gasteiger partial charge in [0.15, 0.2) is 0 Å². The first-order valence-electron chi connectivity index (χ1n) is 7.98. The quantitative estimate of drug-likeness (QED) is 0.927. The van der Waals surface area contributed by atoms with Crippen molar-refractivity contribution in [1.82, 2.24) is 4.31 Å². The van der Waals surface area contributed by atoms with E-state index in [4.69, 9.17) is 0 Å². The molecule has 0 saturated carbocycles. The van der Waals surface area contributed by atoms with Gasteiger partial charge in [-0.15, -0.1) is 0 Å². The third-order valence-electron chi connectivity index (χ3n) is 4.18. The number of rotatable bonds is 4. The Morgan fingerprint density at radius 3 is 2.29 bits per heavy atom. The molecule has 0 aliphatic carbocycles. The molecule has 2 aromatic carbocycles. The number of benzene rings is 2. The van der Waals surface area contributed by atoms with Crippen molar-refractivity contribution in [3.05, 3.63) is 60.7 Å². The van der Waals surface area contributed by atoms with Crippen molar-refractivity contribution in [1.29, 1.82) is 0 Å². The van der Waals surface area contributed by atoms with Gasteiger partial charge in [0.2, 0.25) is 15.9 Å². The summed E-state index contributed by atoms with van der Waals surface area (Å²) in [6, 6.07) is 17.6. The number of hydrogen-bond donors (Lipinski definition) is 1. The first-order valence-corrected chi connectivity index (χ1v) is 9.42. The van der Waals surface area contributed by atoms with Gasteiger partial charge in [0.25, 0.3) is 0 Å². The molecule has 24 heavy (non-hydrogen) atoms. The number of anilines is 1. The van der Waals surface area contributed by atoms with Crippen LogP contribution in [0.25, 0.3) is 0 Å². The summed E-state index contributed by atoms with van der Waals surface area (Å²) in [7, 11) is -3.55. The Labute approximate surface area is 142 Å². The number of nitrogens with one attached hydrogen (secondary N) is 1. The molecule has 1 amide bonds. The first kappa shape index (κ1) is 16.7. The number of hydrogen-bond acceptors (Lipinski definition) is 3. The fourth-order valence-corrected chi connectivity index (χ4v) is 4.43. The van der Waals surface area contributed by atoms with E-state index in [1.165, 1.54) is 4.31 Å². The molecule has 1 saturated heterocycles. The van der Waals surface area contributed by atoms with Gasteiger partial charge in [-0.1, -0.05) is 36.4 Å². The highest BCUT2D eigenvalue weighted by atomic mass is 32.2. The SMILES string of the molecule is O=C(Nc1ccccc1)C1CCCN(S(=O)(=O)c2ccccc2)C1. The highest BCUT2D eigenvalue weighted by Gasteiger charge is 2.33. The van der Waals surface area contributed by atoms with Gasteiger partial charge in [-0.25, -0.2) is 8.42 Å². The maximum absolute atomic E-state index is 12.7. The highest BCUT2D eigenvalue weighted by molar-refractivity contribution is 7.89. The number of nitrogens with zero attached hydrogens (tertiary/aromatic N) is 1. The van der Waals surface area contributed by atoms with Gasteiger partial charge in [-0.2, -0.15) is 4.31 Å². The fraction of sp³-hybridized carbons (Fsp3) is 0.278. The molecule has 0 radical (unpaired) electrons. The van der Waals surface area contributed by atoms with E-state index in [2.05, 4.69) is 5.32 Å². The molecular formula is C18H20N2O3S. The molecular weight excluding hydrogens is 324 g/mol. The lowest BCUT2D eigenvalue weighted by Gasteiger charge is -2.31. The Hall–Kier alpha value is -2.18. The molecule has 1 aliphatic heterocycles. The fourth-order valence-electron chi connectivity index (χ4n) is 2.88. The van der Waals surface area contributed by atoms with E-state index in [9.17, 15) is 13.2 Å². The molecule has 1 atom stereocenters. The maximum Gasteiger partial charge on any atom is 0.243 e. The Balaban J connectivity index is 1.71. The van der Waals surface area contributed by atoms with Gasteiger partial charge in [0, 0.05) is 18.8 Å². The highest BCUT2D eigenvalue weighted by Crippen LogP contribution is 2.24. The topological polar surface area (TPSA) is 66.5 Å². The van der Waals surface area contributed by atoms with Crippen molar-refractivity contribution in [2.75, 3.05) is 18.4 Å². The lowest BCUT2D eigenvalue weighted by molar-refractivity contribution is -0.120. The van der Waals surface area contributed by atoms with E-state index in [0.29, 0.717) is 19.4 Å². The molecule has 0 bridgehead atoms. The lowest BCUT2D eigenvalue weighted by Crippen LogP contribution is -2.43. The second-order valence-electron chi connectivity index (χ2n) is 5.87. The summed E-state index contributed by atoms with van der Waals surface area (Å²) < 4.78 is 26.8. The van der Waals surface area contributed by atoms with Crippen molar-refractivity contribution < 1.29 is 13.2 Å². The van der Waals surface area contributed by atoms with Gasteiger partial charge in [-0.3, -0.25) is 4.79 Å². The van der Waals surface area contributed by atoms with E-state index in [1.807, 2.05) is 30.3 Å². The molecule has 0 spiro atoms. The summed E-state index contributed by atoms with van der Waals surface area (Å²) in [6.45, 7) is 0.669. The van der Waals surface area contributed by atoms with Gasteiger partial charge < -0.3 is 5.32 Å². The van der Waals surface area contributed by atoms with Crippen molar-refractivity contribution >= 4 is 21.6 Å². The van der Waals surface area contributed by atoms with Crippen LogP contribution in [-0.4, -0.2) is 31.7 Å². The molecule has 1 unspecified atom stereocenters. The smallest absolute Gasteiger partial charge is 0.243 e. The number of carbonyl (C=O) groups excluding carboxylic acids is 1. The average Bonchev–Trinajstić information content (AvgIpc) is 2.63. The minimum atomic E-state index is -3.55. The monoisotopic (exact) mass is 344 g/mol. The minimum absolute atomic E-state index is 0.130. The molecule has 0 aromatic heterocycles. The third-order valence-corrected chi connectivity index (χ3v) is 6.06. The summed E-state index contributed by atoms with van der Waals surface area (Å²) >= 11 is 0. The molecule has 1 heterocycles. The van der Waals surface area contributed by atoms with Gasteiger partial charge >= 0.3 is 0 Å². The molecule has 3 rings (SSSR count). The summed E-state index contributed by atoms with van der Waals surface area (Å²) in [5.74, 6) is -0.466. The van der Waals surface area contributed by atoms with Crippen LogP contribution < -0.4 is 5.32 Å². The van der Waals surface area contributed by atoms with E-state index < -0.39 is 10.0 Å². The zero-order valence-corrected chi connectivity index (χ0v) is 14.1. The molecule has 5 nitrogen and oxygen atoms in total. The number of carbonyl (C=O) groups is 1. The van der Waals surface area contributed by atoms with Crippen molar-refractivity contribution in [3.63, 3.8) is 0 Å². The Kier molecular flexibility index (Phi) is 4.97. The van der Waals surface area contributed by atoms with Crippen molar-refractivity contribution in [3.8, 4) is 0 Å². The predicted octanol–water partition coefficient (Wildman–Crippen LogP) is 2.73. The van der Waals surface area contributed by atoms with Crippen LogP contribution in [0.15, 0.2) is 65.6 Å². The van der Waals surface area contributed by atoms with Crippen LogP contribution >= 0.6 is 0 Å². The molecule has 1 N–H and O–H groups in total. The Morgan fingerprint density at radius 2 is 1.62 bits per heavy atom. The summed E-state index contributed by atoms with van der Waals surface area (Å²) in [4.78, 5) is 12.7. The average molecular weight is 344 g/mol. The van der Waals surface area contributed by atoms with Crippen LogP contribution in [0.4, 0.5) is 5.69 Å². The zero-order chi connectivity index (χ0) is 17.0. The maximum atomic E-state index is 12.7. The van der Waals surface area contributed by atoms with E-state index in [0.717, 1.165) is 5.69 Å². The predicted molar refractivity (Wildman–Crippen MR) is 93.0 cm³/mol. The lowest BCUT2D eigenvalue weighted by atomic mass is 9.99. The normalized spacial score (nSPS) is 18.9. The number of para-hydroxylation sites is 1. The van der Waals surface area contributed by atoms with E-state index in [-0.39, 0.29) is 23.3 Å². The van der Waals surface area contributed by atoms with E-state index >= 15 is 0 Å². The van der Waals surface area contributed by atoms with E-state index in [1.54, 1.807) is 30.3 Å². The van der Waals surface area contributed by atoms with Crippen LogP contribution in [-0.2, 0) is 14.8 Å². The molecule has 6 heteroatoms. The number of piperidine rings is 1. The largest absolute Gasteiger partial charge is 0.326 e. The van der Waals surface area contributed by atoms with Crippen molar-refractivity contribution in [2.24, 2.45) is 5.92 Å². The molecule has 1 aliphatic rings. The molecule has 126 valence electrons. The number of amides is 1. The first-order chi connectivity index (χ1) is 11.6. The van der Waals surface area contributed by atoms with Gasteiger partial charge in [0.1, 0.15) is 0 Å². The van der Waals surface area contributed by atoms with Crippen LogP contribution in [0.1, 0.15) is 12.8 Å². The van der Waals surface area contributed by atoms with Crippen molar-refractivity contribution in [2.45, 2.75) is 17.7 Å². The molecule has 1 fully saturated rings. The summed E-state index contributed by atoms with van der Waals surface area (Å²) in [5, 5.41) is 2.86. The minimum Gasteiger partial charge on any atom is -0.326 e. The standard InChI is InChI=1S/C18H20N2O3S/c21-18(19-16-9-3-1-4-10-16)15-8-7-13-20(14-15)24(22,23)17-11-5-2-6-12-17/h1-6,9-12,15H,7-8,13-14H2,(H,19,21). The Morgan fingerprint density at radius 1 is 1.00 bits per heavy atom. The zero-order valence-electron chi connectivity index (χ0n) is 13.3. The third kappa shape index (κ3) is 3.66. The second kappa shape index (κ2) is 7.15. The second-order valence-corrected chi connectivity index (χ2v) is 7.81. The number of sulfonamides is 1. The summed E-state index contributed by atoms with van der Waals surface area (Å²) in [6.07, 6.45) is 1.37. The van der Waals surface area contributed by atoms with Crippen LogP contribution in [0.2, 0.25) is 0 Å². The van der Waals surface area contributed by atoms with Gasteiger partial charge in [0.05, 0.1) is 10.8 Å². The molecule has 2 aromatic rings. The Bertz CT molecular complexity index is 792. The van der Waals surface area contributed by atoms with Crippen LogP contribution in [0.3, 0.4) is 0 Å². The van der Waals surface area contributed by atoms with Crippen LogP contribution in [0.5, 0.6) is 0 Å². The van der Waals surface area contributed by atoms with Gasteiger partial charge in [-0.05, 0) is 37.1 Å². The van der Waals surface area contributed by atoms with Crippen LogP contribution in [0, 0.1) is 5.92 Å². The summed E-state index contributed by atoms with van der Waals surface area (Å²) in [5.41, 5.74) is 0.727.